The third-order valence-corrected chi connectivity index (χ3v) is 4.60. The minimum atomic E-state index is 0.828. The van der Waals surface area contributed by atoms with Gasteiger partial charge in [-0.15, -0.1) is 0 Å². The number of rotatable bonds is 7. The molecule has 0 aliphatic rings. The summed E-state index contributed by atoms with van der Waals surface area (Å²) in [6, 6.07) is 8.18. The van der Waals surface area contributed by atoms with Gasteiger partial charge in [-0.2, -0.15) is 0 Å². The summed E-state index contributed by atoms with van der Waals surface area (Å²) in [6.07, 6.45) is 6.07. The lowest BCUT2D eigenvalue weighted by Gasteiger charge is -2.09. The van der Waals surface area contributed by atoms with Crippen LogP contribution in [0.2, 0.25) is 0 Å². The topological polar surface area (TPSA) is 38.9 Å². The third-order valence-electron chi connectivity index (χ3n) is 4.60. The maximum Gasteiger partial charge on any atom is 0.0658 e. The summed E-state index contributed by atoms with van der Waals surface area (Å²) >= 11 is 0. The van der Waals surface area contributed by atoms with Gasteiger partial charge in [0.2, 0.25) is 0 Å². The molecule has 3 aromatic heterocycles. The van der Waals surface area contributed by atoms with Gasteiger partial charge in [-0.3, -0.25) is 0 Å². The molecule has 0 fully saturated rings. The average Bonchev–Trinajstić information content (AvgIpc) is 3.26. The van der Waals surface area contributed by atoms with E-state index in [1.165, 1.54) is 0 Å². The molecule has 0 spiro atoms. The zero-order valence-corrected chi connectivity index (χ0v) is 16.5. The number of nitrogens with one attached hydrogen (secondary N) is 2. The van der Waals surface area contributed by atoms with Crippen molar-refractivity contribution in [1.29, 1.82) is 0 Å². The highest BCUT2D eigenvalue weighted by Crippen LogP contribution is 2.26. The molecule has 0 aliphatic heterocycles. The quantitative estimate of drug-likeness (QED) is 0.628. The van der Waals surface area contributed by atoms with E-state index >= 15 is 0 Å². The van der Waals surface area contributed by atoms with Gasteiger partial charge in [0.25, 0.3) is 0 Å². The number of hydrogen-bond donors (Lipinski definition) is 2. The predicted octanol–water partition coefficient (Wildman–Crippen LogP) is 4.90. The van der Waals surface area contributed by atoms with Gasteiger partial charge in [0.05, 0.1) is 34.2 Å². The maximum atomic E-state index is 4.20. The minimum Gasteiger partial charge on any atom is -0.353 e. The normalized spacial score (nSPS) is 10.7. The number of allylic oxidation sites excluding steroid dienone is 1. The van der Waals surface area contributed by atoms with E-state index in [-0.39, 0.29) is 0 Å². The summed E-state index contributed by atoms with van der Waals surface area (Å²) in [5.41, 5.74) is 7.81. The summed E-state index contributed by atoms with van der Waals surface area (Å²) in [7, 11) is 6.02. The van der Waals surface area contributed by atoms with Gasteiger partial charge in [0, 0.05) is 45.4 Å². The fraction of sp³-hybridized carbons (Fsp3) is 0.182. The van der Waals surface area contributed by atoms with Crippen LogP contribution in [0.1, 0.15) is 24.0 Å². The fourth-order valence-electron chi connectivity index (χ4n) is 3.24. The Hall–Kier alpha value is -3.34. The molecule has 0 saturated carbocycles. The molecule has 0 saturated heterocycles. The summed E-state index contributed by atoms with van der Waals surface area (Å²) in [5.74, 6) is 0. The highest BCUT2D eigenvalue weighted by molar-refractivity contribution is 5.80. The van der Waals surface area contributed by atoms with Crippen molar-refractivity contribution in [2.75, 3.05) is 10.6 Å². The Morgan fingerprint density at radius 1 is 0.778 bits per heavy atom. The van der Waals surface area contributed by atoms with Gasteiger partial charge in [0.1, 0.15) is 0 Å². The van der Waals surface area contributed by atoms with E-state index in [1.807, 2.05) is 67.9 Å². The van der Waals surface area contributed by atoms with Crippen LogP contribution in [0.5, 0.6) is 0 Å². The molecule has 0 aliphatic carbocycles. The van der Waals surface area contributed by atoms with E-state index in [0.29, 0.717) is 0 Å². The van der Waals surface area contributed by atoms with Crippen LogP contribution in [0.3, 0.4) is 0 Å². The van der Waals surface area contributed by atoms with Crippen LogP contribution in [-0.2, 0) is 21.1 Å². The number of aromatic nitrogens is 3. The molecular weight excluding hydrogens is 334 g/mol. The average molecular weight is 361 g/mol. The van der Waals surface area contributed by atoms with Crippen LogP contribution >= 0.6 is 0 Å². The standard InChI is InChI=1S/C22H27N5/c1-15(2)21-11-18(13-26(21)6)24-17(4)22-12-19(14-27(22)7)23-16(3)20-9-8-10-25(20)5/h8-14,23-24H,1,3-4H2,2,5-7H3. The van der Waals surface area contributed by atoms with Crippen molar-refractivity contribution in [2.45, 2.75) is 6.92 Å². The molecular formula is C22H27N5. The highest BCUT2D eigenvalue weighted by Gasteiger charge is 2.11. The van der Waals surface area contributed by atoms with Gasteiger partial charge in [-0.05, 0) is 36.8 Å². The zero-order valence-electron chi connectivity index (χ0n) is 16.5. The van der Waals surface area contributed by atoms with Crippen molar-refractivity contribution < 1.29 is 0 Å². The van der Waals surface area contributed by atoms with Crippen LogP contribution in [-0.4, -0.2) is 13.7 Å². The molecule has 2 N–H and O–H groups in total. The molecule has 3 heterocycles. The van der Waals surface area contributed by atoms with E-state index in [4.69, 9.17) is 0 Å². The second-order valence-corrected chi connectivity index (χ2v) is 6.94. The molecule has 5 nitrogen and oxygen atoms in total. The van der Waals surface area contributed by atoms with Crippen LogP contribution < -0.4 is 10.6 Å². The van der Waals surface area contributed by atoms with Gasteiger partial charge < -0.3 is 24.3 Å². The lowest BCUT2D eigenvalue weighted by atomic mass is 10.2. The van der Waals surface area contributed by atoms with E-state index in [2.05, 4.69) is 47.1 Å². The zero-order chi connectivity index (χ0) is 19.7. The number of anilines is 2. The predicted molar refractivity (Wildman–Crippen MR) is 116 cm³/mol. The summed E-state index contributed by atoms with van der Waals surface area (Å²) in [6.45, 7) is 14.4. The minimum absolute atomic E-state index is 0.828. The lowest BCUT2D eigenvalue weighted by Crippen LogP contribution is -2.01. The molecule has 0 aromatic carbocycles. The van der Waals surface area contributed by atoms with Crippen LogP contribution in [0.25, 0.3) is 17.0 Å². The first-order valence-electron chi connectivity index (χ1n) is 8.79. The van der Waals surface area contributed by atoms with Crippen molar-refractivity contribution in [3.63, 3.8) is 0 Å². The smallest absolute Gasteiger partial charge is 0.0658 e. The Labute approximate surface area is 160 Å². The molecule has 0 atom stereocenters. The van der Waals surface area contributed by atoms with E-state index in [1.54, 1.807) is 0 Å². The van der Waals surface area contributed by atoms with Crippen molar-refractivity contribution in [1.82, 2.24) is 13.7 Å². The van der Waals surface area contributed by atoms with E-state index in [9.17, 15) is 0 Å². The van der Waals surface area contributed by atoms with Crippen LogP contribution in [0, 0.1) is 0 Å². The molecule has 3 aromatic rings. The SMILES string of the molecule is C=C(C)c1cc(NC(=C)c2cc(NC(=C)c3cccn3C)cn2C)cn1C. The molecule has 140 valence electrons. The molecule has 0 unspecified atom stereocenters. The molecule has 27 heavy (non-hydrogen) atoms. The largest absolute Gasteiger partial charge is 0.353 e. The third kappa shape index (κ3) is 3.77. The molecule has 0 amide bonds. The van der Waals surface area contributed by atoms with E-state index in [0.717, 1.165) is 45.4 Å². The van der Waals surface area contributed by atoms with Crippen molar-refractivity contribution in [3.05, 3.63) is 79.7 Å². The maximum absolute atomic E-state index is 4.20. The summed E-state index contributed by atoms with van der Waals surface area (Å²) in [5, 5.41) is 6.76. The van der Waals surface area contributed by atoms with Crippen molar-refractivity contribution >= 4 is 28.3 Å². The van der Waals surface area contributed by atoms with Crippen LogP contribution in [0.15, 0.2) is 62.6 Å². The van der Waals surface area contributed by atoms with E-state index < -0.39 is 0 Å². The first kappa shape index (κ1) is 18.5. The monoisotopic (exact) mass is 361 g/mol. The van der Waals surface area contributed by atoms with Gasteiger partial charge in [-0.1, -0.05) is 19.7 Å². The summed E-state index contributed by atoms with van der Waals surface area (Å²) < 4.78 is 6.13. The first-order chi connectivity index (χ1) is 12.8. The Morgan fingerprint density at radius 3 is 1.78 bits per heavy atom. The Bertz CT molecular complexity index is 1030. The van der Waals surface area contributed by atoms with Gasteiger partial charge in [0.15, 0.2) is 0 Å². The summed E-state index contributed by atoms with van der Waals surface area (Å²) in [4.78, 5) is 0. The van der Waals surface area contributed by atoms with Gasteiger partial charge >= 0.3 is 0 Å². The Morgan fingerprint density at radius 2 is 1.30 bits per heavy atom. The molecule has 0 bridgehead atoms. The number of aryl methyl sites for hydroxylation is 3. The Kier molecular flexibility index (Phi) is 4.86. The Balaban J connectivity index is 1.75. The molecule has 0 radical (unpaired) electrons. The fourth-order valence-corrected chi connectivity index (χ4v) is 3.24. The van der Waals surface area contributed by atoms with Crippen molar-refractivity contribution in [3.8, 4) is 0 Å². The van der Waals surface area contributed by atoms with Crippen molar-refractivity contribution in [2.24, 2.45) is 21.1 Å². The highest BCUT2D eigenvalue weighted by atomic mass is 15.1. The molecule has 3 rings (SSSR count). The molecule has 5 heteroatoms. The van der Waals surface area contributed by atoms with Crippen LogP contribution in [0.4, 0.5) is 11.4 Å². The first-order valence-corrected chi connectivity index (χ1v) is 8.79. The number of nitrogens with zero attached hydrogens (tertiary/aromatic N) is 3. The second-order valence-electron chi connectivity index (χ2n) is 6.94. The lowest BCUT2D eigenvalue weighted by molar-refractivity contribution is 0.905. The second kappa shape index (κ2) is 7.11. The van der Waals surface area contributed by atoms with Gasteiger partial charge in [-0.25, -0.2) is 0 Å². The number of hydrogen-bond acceptors (Lipinski definition) is 2.